The van der Waals surface area contributed by atoms with Crippen molar-refractivity contribution in [2.24, 2.45) is 0 Å². The van der Waals surface area contributed by atoms with Crippen molar-refractivity contribution in [1.29, 1.82) is 0 Å². The summed E-state index contributed by atoms with van der Waals surface area (Å²) in [6.45, 7) is 11.0. The van der Waals surface area contributed by atoms with Crippen LogP contribution < -0.4 is 0 Å². The van der Waals surface area contributed by atoms with E-state index in [9.17, 15) is 9.59 Å². The molecule has 3 atom stereocenters. The van der Waals surface area contributed by atoms with Crippen LogP contribution in [0.1, 0.15) is 13.8 Å². The fraction of sp³-hybridized carbons (Fsp3) is 0.600. The van der Waals surface area contributed by atoms with Gasteiger partial charge in [-0.25, -0.2) is 0 Å². The molecule has 0 spiro atoms. The Morgan fingerprint density at radius 1 is 1.29 bits per heavy atom. The van der Waals surface area contributed by atoms with Gasteiger partial charge < -0.3 is 14.2 Å². The Morgan fingerprint density at radius 2 is 1.95 bits per heavy atom. The topological polar surface area (TPSA) is 61.8 Å². The van der Waals surface area contributed by atoms with Gasteiger partial charge >= 0.3 is 11.9 Å². The van der Waals surface area contributed by atoms with Crippen molar-refractivity contribution in [3.8, 4) is 0 Å². The molecule has 118 valence electrons. The Balaban J connectivity index is 2.84. The number of allylic oxidation sites excluding steroid dienone is 1. The normalized spacial score (nSPS) is 25.2. The largest absolute Gasteiger partial charge is 0.463 e. The van der Waals surface area contributed by atoms with Gasteiger partial charge in [-0.1, -0.05) is 25.2 Å². The molecule has 6 heteroatoms. The van der Waals surface area contributed by atoms with Gasteiger partial charge in [0.1, 0.15) is 18.8 Å². The summed E-state index contributed by atoms with van der Waals surface area (Å²) in [5.41, 5.74) is -0.0251. The second-order valence-corrected chi connectivity index (χ2v) is 10.8. The Hall–Kier alpha value is -1.40. The van der Waals surface area contributed by atoms with Crippen molar-refractivity contribution in [3.05, 3.63) is 24.8 Å². The van der Waals surface area contributed by atoms with E-state index >= 15 is 0 Å². The molecule has 0 N–H and O–H groups in total. The zero-order chi connectivity index (χ0) is 16.0. The first-order valence-electron chi connectivity index (χ1n) is 7.01. The lowest BCUT2D eigenvalue weighted by molar-refractivity contribution is -0.160. The first kappa shape index (κ1) is 17.6. The molecule has 0 aromatic carbocycles. The van der Waals surface area contributed by atoms with Crippen molar-refractivity contribution in [2.75, 3.05) is 6.61 Å². The van der Waals surface area contributed by atoms with Gasteiger partial charge in [0.2, 0.25) is 0 Å². The van der Waals surface area contributed by atoms with Crippen LogP contribution in [0.15, 0.2) is 24.8 Å². The van der Waals surface area contributed by atoms with E-state index in [2.05, 4.69) is 19.7 Å². The van der Waals surface area contributed by atoms with E-state index in [1.807, 2.05) is 18.2 Å². The molecule has 0 fully saturated rings. The molecule has 0 aromatic rings. The molecule has 0 radical (unpaired) electrons. The highest BCUT2D eigenvalue weighted by molar-refractivity contribution is 6.79. The molecule has 21 heavy (non-hydrogen) atoms. The average molecular weight is 312 g/mol. The Kier molecular flexibility index (Phi) is 6.35. The van der Waals surface area contributed by atoms with E-state index in [0.29, 0.717) is 0 Å². The Labute approximate surface area is 127 Å². The first-order chi connectivity index (χ1) is 9.76. The molecule has 0 amide bonds. The van der Waals surface area contributed by atoms with Crippen LogP contribution in [0.25, 0.3) is 0 Å². The number of hydrogen-bond acceptors (Lipinski definition) is 5. The maximum absolute atomic E-state index is 11.2. The highest BCUT2D eigenvalue weighted by Gasteiger charge is 2.38. The first-order valence-corrected chi connectivity index (χ1v) is 10.3. The number of hydrogen-bond donors (Lipinski definition) is 0. The van der Waals surface area contributed by atoms with Gasteiger partial charge in [-0.2, -0.15) is 0 Å². The van der Waals surface area contributed by atoms with Crippen LogP contribution >= 0.6 is 0 Å². The molecule has 1 aliphatic rings. The number of ether oxygens (including phenoxy) is 3. The van der Waals surface area contributed by atoms with Gasteiger partial charge in [-0.3, -0.25) is 9.59 Å². The molecule has 0 saturated carbocycles. The van der Waals surface area contributed by atoms with Crippen LogP contribution in [0.4, 0.5) is 0 Å². The van der Waals surface area contributed by atoms with E-state index in [1.165, 1.54) is 13.8 Å². The number of rotatable bonds is 6. The third kappa shape index (κ3) is 5.47. The zero-order valence-electron chi connectivity index (χ0n) is 13.1. The van der Waals surface area contributed by atoms with Crippen molar-refractivity contribution in [1.82, 2.24) is 0 Å². The summed E-state index contributed by atoms with van der Waals surface area (Å²) in [4.78, 5) is 22.1. The lowest BCUT2D eigenvalue weighted by atomic mass is 10.1. The Bertz CT molecular complexity index is 430. The van der Waals surface area contributed by atoms with Gasteiger partial charge in [0.25, 0.3) is 0 Å². The monoisotopic (exact) mass is 312 g/mol. The van der Waals surface area contributed by atoms with E-state index in [4.69, 9.17) is 14.2 Å². The molecular formula is C15H24O5Si. The third-order valence-corrected chi connectivity index (χ3v) is 6.57. The van der Waals surface area contributed by atoms with E-state index in [0.717, 1.165) is 6.04 Å². The molecule has 1 heterocycles. The third-order valence-electron chi connectivity index (χ3n) is 3.36. The molecule has 0 saturated heterocycles. The van der Waals surface area contributed by atoms with Crippen LogP contribution in [0.3, 0.4) is 0 Å². The van der Waals surface area contributed by atoms with Crippen molar-refractivity contribution >= 4 is 20.0 Å². The highest BCUT2D eigenvalue weighted by Crippen LogP contribution is 2.26. The second-order valence-electron chi connectivity index (χ2n) is 5.84. The molecule has 1 rings (SSSR count). The van der Waals surface area contributed by atoms with Gasteiger partial charge in [0.15, 0.2) is 0 Å². The molecule has 5 nitrogen and oxygen atoms in total. The van der Waals surface area contributed by atoms with Gasteiger partial charge in [-0.05, 0) is 12.1 Å². The lowest BCUT2D eigenvalue weighted by Gasteiger charge is -2.37. The minimum Gasteiger partial charge on any atom is -0.463 e. The summed E-state index contributed by atoms with van der Waals surface area (Å²) in [7, 11) is -1.68. The number of esters is 2. The summed E-state index contributed by atoms with van der Waals surface area (Å²) in [5.74, 6) is -0.768. The van der Waals surface area contributed by atoms with E-state index < -0.39 is 20.3 Å². The fourth-order valence-corrected chi connectivity index (χ4v) is 4.37. The van der Waals surface area contributed by atoms with E-state index in [-0.39, 0.29) is 24.3 Å². The maximum Gasteiger partial charge on any atom is 0.303 e. The van der Waals surface area contributed by atoms with Gasteiger partial charge in [-0.15, -0.1) is 6.58 Å². The Morgan fingerprint density at radius 3 is 2.48 bits per heavy atom. The lowest BCUT2D eigenvalue weighted by Crippen LogP contribution is -2.50. The minimum absolute atomic E-state index is 0.0251. The second kappa shape index (κ2) is 7.56. The van der Waals surface area contributed by atoms with Crippen molar-refractivity contribution in [2.45, 2.75) is 50.9 Å². The number of carbonyl (C=O) groups is 2. The van der Waals surface area contributed by atoms with Crippen LogP contribution in [0, 0.1) is 0 Å². The minimum atomic E-state index is -1.68. The standard InChI is InChI=1S/C15H24O5Si/c1-6-9-21(4,5)15-8-7-13(19-12(3)17)14(20-15)10-18-11(2)16/h6-8,13-15H,1,9-10H2,2-5H3/t13-,14+,15+/m0/s1. The van der Waals surface area contributed by atoms with Crippen LogP contribution in [-0.4, -0.2) is 44.6 Å². The molecule has 0 unspecified atom stereocenters. The summed E-state index contributed by atoms with van der Waals surface area (Å²) >= 11 is 0. The van der Waals surface area contributed by atoms with Gasteiger partial charge in [0, 0.05) is 13.8 Å². The van der Waals surface area contributed by atoms with Crippen LogP contribution in [0.2, 0.25) is 19.1 Å². The summed E-state index contributed by atoms with van der Waals surface area (Å²) in [5, 5.41) is 0. The summed E-state index contributed by atoms with van der Waals surface area (Å²) in [6.07, 6.45) is 4.70. The summed E-state index contributed by atoms with van der Waals surface area (Å²) in [6, 6.07) is 0.917. The summed E-state index contributed by atoms with van der Waals surface area (Å²) < 4.78 is 16.3. The molecular weight excluding hydrogens is 288 g/mol. The molecule has 0 bridgehead atoms. The zero-order valence-corrected chi connectivity index (χ0v) is 14.1. The van der Waals surface area contributed by atoms with Crippen molar-refractivity contribution in [3.63, 3.8) is 0 Å². The average Bonchev–Trinajstić information content (AvgIpc) is 2.36. The number of carbonyl (C=O) groups excluding carboxylic acids is 2. The molecule has 1 aliphatic heterocycles. The predicted octanol–water partition coefficient (Wildman–Crippen LogP) is 2.24. The highest BCUT2D eigenvalue weighted by atomic mass is 28.3. The van der Waals surface area contributed by atoms with Crippen LogP contribution in [0.5, 0.6) is 0 Å². The molecule has 0 aromatic heterocycles. The fourth-order valence-electron chi connectivity index (χ4n) is 2.22. The SMILES string of the molecule is C=CC[Si](C)(C)[C@@H]1C=C[C@H](OC(C)=O)[C@@H](COC(C)=O)O1. The smallest absolute Gasteiger partial charge is 0.303 e. The van der Waals surface area contributed by atoms with Gasteiger partial charge in [0.05, 0.1) is 13.8 Å². The van der Waals surface area contributed by atoms with Crippen molar-refractivity contribution < 1.29 is 23.8 Å². The maximum atomic E-state index is 11.2. The predicted molar refractivity (Wildman–Crippen MR) is 82.5 cm³/mol. The van der Waals surface area contributed by atoms with E-state index in [1.54, 1.807) is 0 Å². The quantitative estimate of drug-likeness (QED) is 0.427. The van der Waals surface area contributed by atoms with Crippen LogP contribution in [-0.2, 0) is 23.8 Å². The molecule has 0 aliphatic carbocycles.